The summed E-state index contributed by atoms with van der Waals surface area (Å²) in [6, 6.07) is 12.9. The number of nitrogens with one attached hydrogen (secondary N) is 3. The molecule has 1 aliphatic rings. The number of amides is 3. The summed E-state index contributed by atoms with van der Waals surface area (Å²) in [5, 5.41) is 10.6. The highest BCUT2D eigenvalue weighted by molar-refractivity contribution is 7.98. The third kappa shape index (κ3) is 9.85. The summed E-state index contributed by atoms with van der Waals surface area (Å²) in [6.07, 6.45) is 3.25. The first-order valence-electron chi connectivity index (χ1n) is 13.3. The zero-order chi connectivity index (χ0) is 28.4. The number of fused-ring (bicyclic) bond motifs is 1. The highest BCUT2D eigenvalue weighted by Gasteiger charge is 2.28. The molecule has 3 amide bonds. The van der Waals surface area contributed by atoms with Gasteiger partial charge in [-0.25, -0.2) is 4.79 Å². The van der Waals surface area contributed by atoms with Crippen LogP contribution < -0.4 is 16.0 Å². The summed E-state index contributed by atoms with van der Waals surface area (Å²) >= 11 is 1.60. The summed E-state index contributed by atoms with van der Waals surface area (Å²) in [6.45, 7) is 6.64. The Morgan fingerprint density at radius 3 is 2.59 bits per heavy atom. The average molecular weight is 557 g/mol. The van der Waals surface area contributed by atoms with Crippen molar-refractivity contribution in [1.82, 2.24) is 20.9 Å². The number of hydrogen-bond donors (Lipinski definition) is 3. The number of benzene rings is 2. The Morgan fingerprint density at radius 2 is 1.90 bits per heavy atom. The van der Waals surface area contributed by atoms with Crippen molar-refractivity contribution >= 4 is 46.2 Å². The van der Waals surface area contributed by atoms with Crippen LogP contribution in [0, 0.1) is 0 Å². The Balaban J connectivity index is 1.70. The maximum Gasteiger partial charge on any atom is 0.329 e. The number of esters is 1. The van der Waals surface area contributed by atoms with Gasteiger partial charge in [-0.15, -0.1) is 0 Å². The summed E-state index contributed by atoms with van der Waals surface area (Å²) in [5.74, 6) is -0.381. The second kappa shape index (κ2) is 14.3. The van der Waals surface area contributed by atoms with Gasteiger partial charge < -0.3 is 20.7 Å². The molecule has 3 rings (SSSR count). The number of nitrogens with zero attached hydrogens (tertiary/aromatic N) is 1. The van der Waals surface area contributed by atoms with Gasteiger partial charge in [0.25, 0.3) is 0 Å². The van der Waals surface area contributed by atoms with Gasteiger partial charge in [-0.2, -0.15) is 11.8 Å². The summed E-state index contributed by atoms with van der Waals surface area (Å²) < 4.78 is 5.54. The van der Waals surface area contributed by atoms with E-state index in [2.05, 4.69) is 22.0 Å². The van der Waals surface area contributed by atoms with Crippen LogP contribution in [0.3, 0.4) is 0 Å². The molecule has 0 aliphatic carbocycles. The smallest absolute Gasteiger partial charge is 0.329 e. The Hall–Kier alpha value is -3.11. The van der Waals surface area contributed by atoms with E-state index in [1.807, 2.05) is 47.6 Å². The molecule has 9 nitrogen and oxygen atoms in total. The fraction of sp³-hybridized carbons (Fsp3) is 0.517. The van der Waals surface area contributed by atoms with Crippen molar-refractivity contribution in [3.8, 4) is 0 Å². The van der Waals surface area contributed by atoms with Gasteiger partial charge in [0.2, 0.25) is 17.7 Å². The maximum absolute atomic E-state index is 13.2. The molecular formula is C29H40N4O5S. The van der Waals surface area contributed by atoms with E-state index in [0.717, 1.165) is 16.3 Å². The first-order valence-corrected chi connectivity index (χ1v) is 14.7. The number of carbonyl (C=O) groups excluding carboxylic acids is 4. The van der Waals surface area contributed by atoms with Crippen molar-refractivity contribution in [2.24, 2.45) is 0 Å². The normalized spacial score (nSPS) is 16.1. The predicted molar refractivity (Wildman–Crippen MR) is 154 cm³/mol. The molecule has 2 aromatic rings. The molecule has 2 atom stereocenters. The molecule has 0 unspecified atom stereocenters. The molecule has 1 saturated heterocycles. The lowest BCUT2D eigenvalue weighted by atomic mass is 10.0. The van der Waals surface area contributed by atoms with Gasteiger partial charge >= 0.3 is 5.97 Å². The van der Waals surface area contributed by atoms with E-state index in [-0.39, 0.29) is 24.3 Å². The van der Waals surface area contributed by atoms with Gasteiger partial charge in [-0.1, -0.05) is 42.5 Å². The van der Waals surface area contributed by atoms with Crippen LogP contribution in [0.25, 0.3) is 10.8 Å². The zero-order valence-electron chi connectivity index (χ0n) is 23.2. The van der Waals surface area contributed by atoms with Gasteiger partial charge in [-0.3, -0.25) is 19.3 Å². The van der Waals surface area contributed by atoms with E-state index in [9.17, 15) is 19.2 Å². The first kappa shape index (κ1) is 30.4. The lowest BCUT2D eigenvalue weighted by molar-refractivity contribution is -0.158. The third-order valence-corrected chi connectivity index (χ3v) is 6.96. The SMILES string of the molecule is CSCC[C@H](NC(=O)CN(CCNC(=O)[C@@H]1CCC(=O)N1)Cc1cccc2ccccc12)C(=O)OC(C)(C)C. The number of ether oxygens (including phenoxy) is 1. The number of rotatable bonds is 13. The second-order valence-electron chi connectivity index (χ2n) is 10.7. The first-order chi connectivity index (χ1) is 18.6. The van der Waals surface area contributed by atoms with Crippen LogP contribution >= 0.6 is 11.8 Å². The van der Waals surface area contributed by atoms with Gasteiger partial charge in [0.05, 0.1) is 6.54 Å². The molecular weight excluding hydrogens is 516 g/mol. The summed E-state index contributed by atoms with van der Waals surface area (Å²) in [7, 11) is 0. The minimum atomic E-state index is -0.741. The molecule has 0 aromatic heterocycles. The Labute approximate surface area is 234 Å². The fourth-order valence-electron chi connectivity index (χ4n) is 4.46. The minimum Gasteiger partial charge on any atom is -0.458 e. The maximum atomic E-state index is 13.2. The van der Waals surface area contributed by atoms with Crippen molar-refractivity contribution < 1.29 is 23.9 Å². The molecule has 0 spiro atoms. The quantitative estimate of drug-likeness (QED) is 0.325. The van der Waals surface area contributed by atoms with Crippen LogP contribution in [0.2, 0.25) is 0 Å². The number of hydrogen-bond acceptors (Lipinski definition) is 7. The van der Waals surface area contributed by atoms with Crippen LogP contribution in [0.5, 0.6) is 0 Å². The van der Waals surface area contributed by atoms with Gasteiger partial charge in [-0.05, 0) is 62.0 Å². The predicted octanol–water partition coefficient (Wildman–Crippen LogP) is 2.62. The minimum absolute atomic E-state index is 0.0395. The standard InChI is InChI=1S/C29H40N4O5S/c1-29(2,3)38-28(37)24(14-17-39-4)32-26(35)19-33(16-15-30-27(36)23-12-13-25(34)31-23)18-21-10-7-9-20-8-5-6-11-22(20)21/h5-11,23-24H,12-19H2,1-4H3,(H,30,36)(H,31,34)(H,32,35)/t23-,24-/m0/s1. The van der Waals surface area contributed by atoms with Crippen LogP contribution in [0.1, 0.15) is 45.6 Å². The molecule has 212 valence electrons. The van der Waals surface area contributed by atoms with E-state index in [0.29, 0.717) is 44.6 Å². The van der Waals surface area contributed by atoms with Gasteiger partial charge in [0.1, 0.15) is 17.7 Å². The Bertz CT molecular complexity index is 1160. The molecule has 1 aliphatic heterocycles. The van der Waals surface area contributed by atoms with Crippen molar-refractivity contribution in [1.29, 1.82) is 0 Å². The highest BCUT2D eigenvalue weighted by atomic mass is 32.2. The lowest BCUT2D eigenvalue weighted by Gasteiger charge is -2.26. The largest absolute Gasteiger partial charge is 0.458 e. The molecule has 0 radical (unpaired) electrons. The number of carbonyl (C=O) groups is 4. The van der Waals surface area contributed by atoms with Crippen molar-refractivity contribution in [2.45, 2.75) is 64.3 Å². The molecule has 0 bridgehead atoms. The molecule has 2 aromatic carbocycles. The molecule has 10 heteroatoms. The van der Waals surface area contributed by atoms with Crippen LogP contribution in [-0.2, 0) is 30.5 Å². The molecule has 1 fully saturated rings. The fourth-order valence-corrected chi connectivity index (χ4v) is 4.93. The average Bonchev–Trinajstić information content (AvgIpc) is 3.32. The van der Waals surface area contributed by atoms with E-state index >= 15 is 0 Å². The molecule has 1 heterocycles. The summed E-state index contributed by atoms with van der Waals surface area (Å²) in [4.78, 5) is 51.9. The Morgan fingerprint density at radius 1 is 1.15 bits per heavy atom. The third-order valence-electron chi connectivity index (χ3n) is 6.32. The second-order valence-corrected chi connectivity index (χ2v) is 11.7. The van der Waals surface area contributed by atoms with E-state index in [1.165, 1.54) is 0 Å². The molecule has 3 N–H and O–H groups in total. The van der Waals surface area contributed by atoms with Gasteiger partial charge in [0, 0.05) is 26.1 Å². The van der Waals surface area contributed by atoms with E-state index in [1.54, 1.807) is 32.5 Å². The highest BCUT2D eigenvalue weighted by Crippen LogP contribution is 2.20. The van der Waals surface area contributed by atoms with E-state index in [4.69, 9.17) is 4.74 Å². The Kier molecular flexibility index (Phi) is 11.2. The van der Waals surface area contributed by atoms with Crippen molar-refractivity contribution in [3.63, 3.8) is 0 Å². The van der Waals surface area contributed by atoms with Crippen LogP contribution in [0.4, 0.5) is 0 Å². The summed E-state index contributed by atoms with van der Waals surface area (Å²) in [5.41, 5.74) is 0.401. The topological polar surface area (TPSA) is 117 Å². The molecule has 0 saturated carbocycles. The zero-order valence-corrected chi connectivity index (χ0v) is 24.1. The molecule has 39 heavy (non-hydrogen) atoms. The van der Waals surface area contributed by atoms with Gasteiger partial charge in [0.15, 0.2) is 0 Å². The van der Waals surface area contributed by atoms with Crippen LogP contribution in [-0.4, -0.2) is 77.9 Å². The lowest BCUT2D eigenvalue weighted by Crippen LogP contribution is -2.49. The van der Waals surface area contributed by atoms with E-state index < -0.39 is 23.7 Å². The monoisotopic (exact) mass is 556 g/mol. The van der Waals surface area contributed by atoms with Crippen LogP contribution in [0.15, 0.2) is 42.5 Å². The number of thioether (sulfide) groups is 1. The van der Waals surface area contributed by atoms with Crippen molar-refractivity contribution in [3.05, 3.63) is 48.0 Å². The van der Waals surface area contributed by atoms with Crippen molar-refractivity contribution in [2.75, 3.05) is 31.6 Å².